The van der Waals surface area contributed by atoms with E-state index in [0.29, 0.717) is 6.04 Å². The molecule has 1 aromatic heterocycles. The SMILES string of the molecule is CCC(CSC)NCc1sc2ccccc2c1Cl. The molecule has 1 heterocycles. The van der Waals surface area contributed by atoms with E-state index in [1.54, 1.807) is 11.3 Å². The maximum Gasteiger partial charge on any atom is 0.0636 e. The molecule has 0 amide bonds. The lowest BCUT2D eigenvalue weighted by Gasteiger charge is -2.14. The molecule has 1 nitrogen and oxygen atoms in total. The summed E-state index contributed by atoms with van der Waals surface area (Å²) in [5.41, 5.74) is 0. The van der Waals surface area contributed by atoms with Crippen molar-refractivity contribution in [2.75, 3.05) is 12.0 Å². The molecule has 0 bridgehead atoms. The highest BCUT2D eigenvalue weighted by Crippen LogP contribution is 2.35. The summed E-state index contributed by atoms with van der Waals surface area (Å²) in [5.74, 6) is 1.15. The van der Waals surface area contributed by atoms with Gasteiger partial charge in [-0.15, -0.1) is 11.3 Å². The molecule has 18 heavy (non-hydrogen) atoms. The fourth-order valence-corrected chi connectivity index (χ4v) is 4.14. The van der Waals surface area contributed by atoms with E-state index in [1.807, 2.05) is 17.8 Å². The minimum absolute atomic E-state index is 0.571. The molecule has 0 saturated heterocycles. The maximum absolute atomic E-state index is 6.43. The van der Waals surface area contributed by atoms with Gasteiger partial charge in [-0.3, -0.25) is 0 Å². The third kappa shape index (κ3) is 3.21. The summed E-state index contributed by atoms with van der Waals surface area (Å²) in [6.45, 7) is 3.09. The Hall–Kier alpha value is -0.220. The van der Waals surface area contributed by atoms with E-state index in [1.165, 1.54) is 15.0 Å². The van der Waals surface area contributed by atoms with E-state index < -0.39 is 0 Å². The van der Waals surface area contributed by atoms with Gasteiger partial charge in [0.05, 0.1) is 5.02 Å². The number of thiophene rings is 1. The van der Waals surface area contributed by atoms with Gasteiger partial charge in [0.1, 0.15) is 0 Å². The molecule has 1 unspecified atom stereocenters. The molecule has 0 aliphatic heterocycles. The van der Waals surface area contributed by atoms with Gasteiger partial charge in [0.25, 0.3) is 0 Å². The smallest absolute Gasteiger partial charge is 0.0636 e. The first-order valence-corrected chi connectivity index (χ1v) is 8.73. The Morgan fingerprint density at radius 3 is 2.83 bits per heavy atom. The van der Waals surface area contributed by atoms with Crippen LogP contribution in [-0.4, -0.2) is 18.1 Å². The summed E-state index contributed by atoms with van der Waals surface area (Å²) in [5, 5.41) is 5.69. The first-order chi connectivity index (χ1) is 8.76. The molecular formula is C14H18ClNS2. The zero-order valence-electron chi connectivity index (χ0n) is 10.7. The Morgan fingerprint density at radius 2 is 2.17 bits per heavy atom. The van der Waals surface area contributed by atoms with Crippen LogP contribution in [0.1, 0.15) is 18.2 Å². The molecule has 0 aliphatic rings. The maximum atomic E-state index is 6.43. The zero-order chi connectivity index (χ0) is 13.0. The van der Waals surface area contributed by atoms with Crippen LogP contribution in [0.3, 0.4) is 0 Å². The van der Waals surface area contributed by atoms with Crippen LogP contribution in [0.5, 0.6) is 0 Å². The number of hydrogen-bond donors (Lipinski definition) is 1. The highest BCUT2D eigenvalue weighted by Gasteiger charge is 2.11. The van der Waals surface area contributed by atoms with Crippen molar-refractivity contribution in [3.05, 3.63) is 34.2 Å². The first kappa shape index (κ1) is 14.2. The Balaban J connectivity index is 2.09. The summed E-state index contributed by atoms with van der Waals surface area (Å²) in [6, 6.07) is 8.91. The van der Waals surface area contributed by atoms with Crippen molar-refractivity contribution in [1.82, 2.24) is 5.32 Å². The molecule has 1 atom stereocenters. The van der Waals surface area contributed by atoms with E-state index >= 15 is 0 Å². The lowest BCUT2D eigenvalue weighted by atomic mass is 10.2. The van der Waals surface area contributed by atoms with Gasteiger partial charge in [-0.25, -0.2) is 0 Å². The van der Waals surface area contributed by atoms with Crippen molar-refractivity contribution in [2.45, 2.75) is 25.9 Å². The lowest BCUT2D eigenvalue weighted by molar-refractivity contribution is 0.545. The highest BCUT2D eigenvalue weighted by atomic mass is 35.5. The minimum Gasteiger partial charge on any atom is -0.308 e. The molecule has 2 aromatic rings. The van der Waals surface area contributed by atoms with Gasteiger partial charge in [-0.05, 0) is 18.7 Å². The van der Waals surface area contributed by atoms with E-state index in [0.717, 1.165) is 23.7 Å². The third-order valence-corrected chi connectivity index (χ3v) is 5.46. The second kappa shape index (κ2) is 6.80. The van der Waals surface area contributed by atoms with Crippen LogP contribution >= 0.6 is 34.7 Å². The molecule has 4 heteroatoms. The van der Waals surface area contributed by atoms with Crippen molar-refractivity contribution in [3.63, 3.8) is 0 Å². The van der Waals surface area contributed by atoms with Crippen molar-refractivity contribution in [3.8, 4) is 0 Å². The number of benzene rings is 1. The number of thioether (sulfide) groups is 1. The predicted octanol–water partition coefficient (Wildman–Crippen LogP) is 4.79. The number of hydrogen-bond acceptors (Lipinski definition) is 3. The second-order valence-electron chi connectivity index (χ2n) is 4.28. The molecule has 0 radical (unpaired) electrons. The lowest BCUT2D eigenvalue weighted by Crippen LogP contribution is -2.29. The van der Waals surface area contributed by atoms with Gasteiger partial charge in [-0.1, -0.05) is 36.7 Å². The predicted molar refractivity (Wildman–Crippen MR) is 86.1 cm³/mol. The average molecular weight is 300 g/mol. The molecule has 1 aromatic carbocycles. The minimum atomic E-state index is 0.571. The van der Waals surface area contributed by atoms with Crippen LogP contribution in [0, 0.1) is 0 Å². The summed E-state index contributed by atoms with van der Waals surface area (Å²) in [7, 11) is 0. The van der Waals surface area contributed by atoms with Gasteiger partial charge in [0.2, 0.25) is 0 Å². The van der Waals surface area contributed by atoms with E-state index in [4.69, 9.17) is 11.6 Å². The van der Waals surface area contributed by atoms with Crippen molar-refractivity contribution >= 4 is 44.8 Å². The van der Waals surface area contributed by atoms with E-state index in [9.17, 15) is 0 Å². The van der Waals surface area contributed by atoms with E-state index in [-0.39, 0.29) is 0 Å². The van der Waals surface area contributed by atoms with Crippen molar-refractivity contribution in [2.24, 2.45) is 0 Å². The molecular weight excluding hydrogens is 282 g/mol. The quantitative estimate of drug-likeness (QED) is 0.823. The van der Waals surface area contributed by atoms with Crippen molar-refractivity contribution < 1.29 is 0 Å². The van der Waals surface area contributed by atoms with Crippen LogP contribution in [0.4, 0.5) is 0 Å². The fraction of sp³-hybridized carbons (Fsp3) is 0.429. The number of nitrogens with one attached hydrogen (secondary N) is 1. The van der Waals surface area contributed by atoms with Crippen LogP contribution in [0.15, 0.2) is 24.3 Å². The monoisotopic (exact) mass is 299 g/mol. The summed E-state index contributed by atoms with van der Waals surface area (Å²) >= 11 is 10.1. The Morgan fingerprint density at radius 1 is 1.39 bits per heavy atom. The molecule has 2 rings (SSSR count). The molecule has 0 aliphatic carbocycles. The number of halogens is 1. The van der Waals surface area contributed by atoms with Crippen LogP contribution in [-0.2, 0) is 6.54 Å². The van der Waals surface area contributed by atoms with Gasteiger partial charge in [-0.2, -0.15) is 11.8 Å². The molecule has 0 spiro atoms. The zero-order valence-corrected chi connectivity index (χ0v) is 13.1. The molecule has 0 saturated carbocycles. The second-order valence-corrected chi connectivity index (χ2v) is 6.70. The normalized spacial score (nSPS) is 13.1. The Labute approximate surface area is 122 Å². The van der Waals surface area contributed by atoms with Gasteiger partial charge >= 0.3 is 0 Å². The molecule has 98 valence electrons. The van der Waals surface area contributed by atoms with Gasteiger partial charge in [0, 0.05) is 33.3 Å². The first-order valence-electron chi connectivity index (χ1n) is 6.14. The fourth-order valence-electron chi connectivity index (χ4n) is 1.94. The van der Waals surface area contributed by atoms with Gasteiger partial charge < -0.3 is 5.32 Å². The summed E-state index contributed by atoms with van der Waals surface area (Å²) in [4.78, 5) is 1.25. The van der Waals surface area contributed by atoms with E-state index in [2.05, 4.69) is 36.7 Å². The molecule has 1 N–H and O–H groups in total. The summed E-state index contributed by atoms with van der Waals surface area (Å²) < 4.78 is 1.28. The number of fused-ring (bicyclic) bond motifs is 1. The standard InChI is InChI=1S/C14H18ClNS2/c1-3-10(9-17-2)16-8-13-14(15)11-6-4-5-7-12(11)18-13/h4-7,10,16H,3,8-9H2,1-2H3. The largest absolute Gasteiger partial charge is 0.308 e. The van der Waals surface area contributed by atoms with Gasteiger partial charge in [0.15, 0.2) is 0 Å². The number of rotatable bonds is 6. The Kier molecular flexibility index (Phi) is 5.37. The van der Waals surface area contributed by atoms with Crippen LogP contribution in [0.25, 0.3) is 10.1 Å². The third-order valence-electron chi connectivity index (χ3n) is 3.01. The van der Waals surface area contributed by atoms with Crippen LogP contribution in [0.2, 0.25) is 5.02 Å². The highest BCUT2D eigenvalue weighted by molar-refractivity contribution is 7.98. The Bertz CT molecular complexity index is 509. The molecule has 0 fully saturated rings. The van der Waals surface area contributed by atoms with Crippen LogP contribution < -0.4 is 5.32 Å². The topological polar surface area (TPSA) is 12.0 Å². The average Bonchev–Trinajstić information content (AvgIpc) is 2.72. The van der Waals surface area contributed by atoms with Crippen molar-refractivity contribution in [1.29, 1.82) is 0 Å². The summed E-state index contributed by atoms with van der Waals surface area (Å²) in [6.07, 6.45) is 3.31.